The highest BCUT2D eigenvalue weighted by Crippen LogP contribution is 2.17. The fraction of sp³-hybridized carbons (Fsp3) is 0.286. The van der Waals surface area contributed by atoms with Crippen LogP contribution < -0.4 is 5.32 Å². The van der Waals surface area contributed by atoms with Crippen molar-refractivity contribution in [3.8, 4) is 0 Å². The predicted molar refractivity (Wildman–Crippen MR) is 106 cm³/mol. The van der Waals surface area contributed by atoms with Gasteiger partial charge in [-0.3, -0.25) is 14.5 Å². The van der Waals surface area contributed by atoms with Gasteiger partial charge in [0.2, 0.25) is 0 Å². The average molecular weight is 384 g/mol. The highest BCUT2D eigenvalue weighted by Gasteiger charge is 2.14. The Kier molecular flexibility index (Phi) is 7.86. The molecule has 28 heavy (non-hydrogen) atoms. The predicted octanol–water partition coefficient (Wildman–Crippen LogP) is 2.57. The van der Waals surface area contributed by atoms with Gasteiger partial charge in [0.25, 0.3) is 0 Å². The van der Waals surface area contributed by atoms with Crippen LogP contribution in [0.1, 0.15) is 36.6 Å². The minimum Gasteiger partial charge on any atom is -0.478 e. The van der Waals surface area contributed by atoms with Gasteiger partial charge >= 0.3 is 5.97 Å². The minimum atomic E-state index is -0.970. The van der Waals surface area contributed by atoms with Gasteiger partial charge in [-0.1, -0.05) is 12.1 Å². The molecule has 0 bridgehead atoms. The first-order valence-electron chi connectivity index (χ1n) is 8.80. The molecule has 0 saturated carbocycles. The average Bonchev–Trinajstić information content (AvgIpc) is 2.70. The van der Waals surface area contributed by atoms with Crippen molar-refractivity contribution >= 4 is 23.7 Å². The van der Waals surface area contributed by atoms with Crippen LogP contribution in [0.3, 0.4) is 0 Å². The molecule has 0 aliphatic rings. The number of ketones is 1. The van der Waals surface area contributed by atoms with Crippen molar-refractivity contribution in [1.29, 1.82) is 0 Å². The Morgan fingerprint density at radius 2 is 1.89 bits per heavy atom. The Morgan fingerprint density at radius 1 is 1.18 bits per heavy atom. The van der Waals surface area contributed by atoms with Crippen molar-refractivity contribution in [1.82, 2.24) is 4.90 Å². The first-order valence-corrected chi connectivity index (χ1v) is 8.80. The van der Waals surface area contributed by atoms with Gasteiger partial charge in [0.15, 0.2) is 12.1 Å². The molecule has 2 N–H and O–H groups in total. The van der Waals surface area contributed by atoms with Crippen LogP contribution in [0.25, 0.3) is 0 Å². The third-order valence-corrected chi connectivity index (χ3v) is 4.27. The van der Waals surface area contributed by atoms with Gasteiger partial charge in [0.05, 0.1) is 18.7 Å². The first kappa shape index (κ1) is 21.3. The number of carboxylic acids is 1. The van der Waals surface area contributed by atoms with Gasteiger partial charge in [-0.15, -0.1) is 0 Å². The standard InChI is InChI=1S/C21H24N2O5/c1-23(9-10-28-2)13-20(25)19-11-18(8-7-17(19)14-24)22-12-15-3-5-16(6-4-15)21(26)27/h3-8,11,14,22H,9-10,12-13H2,1-2H3,(H,26,27). The molecule has 0 amide bonds. The zero-order valence-electron chi connectivity index (χ0n) is 16.0. The van der Waals surface area contributed by atoms with Crippen molar-refractivity contribution in [3.63, 3.8) is 0 Å². The summed E-state index contributed by atoms with van der Waals surface area (Å²) in [5.41, 5.74) is 2.55. The lowest BCUT2D eigenvalue weighted by Crippen LogP contribution is -2.29. The summed E-state index contributed by atoms with van der Waals surface area (Å²) in [6.45, 7) is 1.78. The van der Waals surface area contributed by atoms with Gasteiger partial charge < -0.3 is 15.2 Å². The second-order valence-corrected chi connectivity index (χ2v) is 6.43. The molecule has 7 nitrogen and oxygen atoms in total. The van der Waals surface area contributed by atoms with Crippen molar-refractivity contribution in [3.05, 3.63) is 64.7 Å². The number of methoxy groups -OCH3 is 1. The number of ether oxygens (including phenoxy) is 1. The van der Waals surface area contributed by atoms with Crippen LogP contribution in [0.4, 0.5) is 5.69 Å². The van der Waals surface area contributed by atoms with E-state index in [2.05, 4.69) is 5.32 Å². The van der Waals surface area contributed by atoms with E-state index in [1.807, 2.05) is 11.9 Å². The third kappa shape index (κ3) is 6.00. The maximum Gasteiger partial charge on any atom is 0.335 e. The molecule has 0 spiro atoms. The molecular weight excluding hydrogens is 360 g/mol. The summed E-state index contributed by atoms with van der Waals surface area (Å²) in [5.74, 6) is -1.11. The quantitative estimate of drug-likeness (QED) is 0.454. The van der Waals surface area contributed by atoms with E-state index in [0.717, 1.165) is 5.56 Å². The van der Waals surface area contributed by atoms with Gasteiger partial charge in [-0.05, 0) is 42.9 Å². The first-order chi connectivity index (χ1) is 13.4. The SMILES string of the molecule is COCCN(C)CC(=O)c1cc(NCc2ccc(C(=O)O)cc2)ccc1C=O. The Balaban J connectivity index is 2.07. The van der Waals surface area contributed by atoms with Gasteiger partial charge in [0.1, 0.15) is 0 Å². The van der Waals surface area contributed by atoms with Crippen molar-refractivity contribution in [2.24, 2.45) is 0 Å². The molecule has 2 aromatic carbocycles. The van der Waals surface area contributed by atoms with E-state index >= 15 is 0 Å². The number of aromatic carboxylic acids is 1. The number of hydrogen-bond acceptors (Lipinski definition) is 6. The van der Waals surface area contributed by atoms with Crippen molar-refractivity contribution in [2.45, 2.75) is 6.54 Å². The highest BCUT2D eigenvalue weighted by molar-refractivity contribution is 6.04. The second-order valence-electron chi connectivity index (χ2n) is 6.43. The van der Waals surface area contributed by atoms with E-state index in [1.54, 1.807) is 49.6 Å². The molecule has 2 rings (SSSR count). The van der Waals surface area contributed by atoms with E-state index in [9.17, 15) is 14.4 Å². The maximum absolute atomic E-state index is 12.6. The van der Waals surface area contributed by atoms with E-state index < -0.39 is 5.97 Å². The van der Waals surface area contributed by atoms with Gasteiger partial charge in [-0.2, -0.15) is 0 Å². The second kappa shape index (κ2) is 10.3. The fourth-order valence-corrected chi connectivity index (χ4v) is 2.64. The summed E-state index contributed by atoms with van der Waals surface area (Å²) in [4.78, 5) is 36.7. The molecule has 0 aromatic heterocycles. The summed E-state index contributed by atoms with van der Waals surface area (Å²) >= 11 is 0. The zero-order chi connectivity index (χ0) is 20.5. The summed E-state index contributed by atoms with van der Waals surface area (Å²) in [6, 6.07) is 11.6. The number of aldehydes is 1. The number of likely N-dealkylation sites (N-methyl/N-ethyl adjacent to an activating group) is 1. The zero-order valence-corrected chi connectivity index (χ0v) is 16.0. The fourth-order valence-electron chi connectivity index (χ4n) is 2.64. The van der Waals surface area contributed by atoms with Crippen LogP contribution in [0.2, 0.25) is 0 Å². The number of carbonyl (C=O) groups is 3. The summed E-state index contributed by atoms with van der Waals surface area (Å²) < 4.78 is 5.01. The number of nitrogens with zero attached hydrogens (tertiary/aromatic N) is 1. The van der Waals surface area contributed by atoms with Gasteiger partial charge in [0, 0.05) is 37.0 Å². The van der Waals surface area contributed by atoms with Crippen molar-refractivity contribution < 1.29 is 24.2 Å². The number of hydrogen-bond donors (Lipinski definition) is 2. The van der Waals surface area contributed by atoms with Crippen LogP contribution in [-0.4, -0.2) is 61.9 Å². The van der Waals surface area contributed by atoms with Crippen LogP contribution in [-0.2, 0) is 11.3 Å². The highest BCUT2D eigenvalue weighted by atomic mass is 16.5. The van der Waals surface area contributed by atoms with Crippen LogP contribution in [0, 0.1) is 0 Å². The number of benzene rings is 2. The van der Waals surface area contributed by atoms with Gasteiger partial charge in [-0.25, -0.2) is 4.79 Å². The van der Waals surface area contributed by atoms with Crippen LogP contribution in [0.5, 0.6) is 0 Å². The summed E-state index contributed by atoms with van der Waals surface area (Å²) in [5, 5.41) is 12.1. The lowest BCUT2D eigenvalue weighted by atomic mass is 10.0. The normalized spacial score (nSPS) is 10.7. The number of anilines is 1. The van der Waals surface area contributed by atoms with Crippen LogP contribution in [0.15, 0.2) is 42.5 Å². The Morgan fingerprint density at radius 3 is 2.50 bits per heavy atom. The smallest absolute Gasteiger partial charge is 0.335 e. The molecule has 0 heterocycles. The topological polar surface area (TPSA) is 95.9 Å². The Labute approximate surface area is 163 Å². The lowest BCUT2D eigenvalue weighted by Gasteiger charge is -2.16. The molecule has 0 saturated heterocycles. The summed E-state index contributed by atoms with van der Waals surface area (Å²) in [6.07, 6.45) is 0.677. The third-order valence-electron chi connectivity index (χ3n) is 4.27. The minimum absolute atomic E-state index is 0.143. The molecular formula is C21H24N2O5. The molecule has 0 aliphatic carbocycles. The molecule has 7 heteroatoms. The number of rotatable bonds is 11. The number of nitrogens with one attached hydrogen (secondary N) is 1. The monoisotopic (exact) mass is 384 g/mol. The summed E-state index contributed by atoms with van der Waals surface area (Å²) in [7, 11) is 3.42. The molecule has 0 fully saturated rings. The number of Topliss-reactive ketones (excluding diaryl/α,β-unsaturated/α-hetero) is 1. The molecule has 2 aromatic rings. The molecule has 0 atom stereocenters. The van der Waals surface area contributed by atoms with E-state index in [0.29, 0.717) is 42.8 Å². The largest absolute Gasteiger partial charge is 0.478 e. The van der Waals surface area contributed by atoms with E-state index in [4.69, 9.17) is 9.84 Å². The molecule has 148 valence electrons. The Bertz CT molecular complexity index is 833. The maximum atomic E-state index is 12.6. The van der Waals surface area contributed by atoms with Crippen LogP contribution >= 0.6 is 0 Å². The molecule has 0 radical (unpaired) electrons. The lowest BCUT2D eigenvalue weighted by molar-refractivity contribution is 0.0696. The van der Waals surface area contributed by atoms with E-state index in [1.165, 1.54) is 0 Å². The van der Waals surface area contributed by atoms with Crippen molar-refractivity contribution in [2.75, 3.05) is 39.2 Å². The van der Waals surface area contributed by atoms with E-state index in [-0.39, 0.29) is 17.9 Å². The molecule has 0 unspecified atom stereocenters. The number of carbonyl (C=O) groups excluding carboxylic acids is 2. The Hall–Kier alpha value is -3.03. The number of carboxylic acid groups (broad SMARTS) is 1. The molecule has 0 aliphatic heterocycles.